The molecule has 0 aromatic carbocycles. The zero-order chi connectivity index (χ0) is 10.7. The summed E-state index contributed by atoms with van der Waals surface area (Å²) in [4.78, 5) is 4.32. The fourth-order valence-corrected chi connectivity index (χ4v) is 1.70. The second-order valence-electron chi connectivity index (χ2n) is 4.25. The van der Waals surface area contributed by atoms with E-state index in [9.17, 15) is 0 Å². The Balaban J connectivity index is 1.84. The molecule has 84 valence electrons. The molecule has 4 nitrogen and oxygen atoms in total. The molecule has 0 saturated heterocycles. The second-order valence-corrected chi connectivity index (χ2v) is 4.25. The summed E-state index contributed by atoms with van der Waals surface area (Å²) in [5, 5.41) is 3.45. The van der Waals surface area contributed by atoms with Gasteiger partial charge in [-0.3, -0.25) is 0 Å². The van der Waals surface area contributed by atoms with Gasteiger partial charge in [0.1, 0.15) is 0 Å². The molecule has 1 saturated carbocycles. The summed E-state index contributed by atoms with van der Waals surface area (Å²) in [5.74, 6) is 1.80. The third-order valence-corrected chi connectivity index (χ3v) is 2.89. The van der Waals surface area contributed by atoms with E-state index >= 15 is 0 Å². The predicted octanol–water partition coefficient (Wildman–Crippen LogP) is 1.74. The van der Waals surface area contributed by atoms with Crippen LogP contribution >= 0.6 is 0 Å². The summed E-state index contributed by atoms with van der Waals surface area (Å²) >= 11 is 0. The average Bonchev–Trinajstić information content (AvgIpc) is 2.75. The topological polar surface area (TPSA) is 39.1 Å². The number of imidazole rings is 1. The van der Waals surface area contributed by atoms with Crippen molar-refractivity contribution in [2.45, 2.75) is 32.4 Å². The second kappa shape index (κ2) is 4.66. The molecular weight excluding hydrogens is 190 g/mol. The van der Waals surface area contributed by atoms with Crippen LogP contribution in [0, 0.1) is 5.92 Å². The highest BCUT2D eigenvalue weighted by molar-refractivity contribution is 5.30. The number of methoxy groups -OCH3 is 1. The molecule has 0 radical (unpaired) electrons. The molecule has 1 aromatic rings. The number of aromatic nitrogens is 2. The van der Waals surface area contributed by atoms with Gasteiger partial charge >= 0.3 is 0 Å². The van der Waals surface area contributed by atoms with Gasteiger partial charge in [0.05, 0.1) is 0 Å². The van der Waals surface area contributed by atoms with E-state index < -0.39 is 0 Å². The first-order chi connectivity index (χ1) is 7.31. The molecule has 1 aliphatic rings. The molecule has 0 aliphatic heterocycles. The maximum Gasteiger partial charge on any atom is 0.202 e. The molecule has 0 amide bonds. The van der Waals surface area contributed by atoms with Crippen LogP contribution in [0.25, 0.3) is 0 Å². The number of nitrogens with one attached hydrogen (secondary N) is 1. The highest BCUT2D eigenvalue weighted by Gasteiger charge is 2.33. The number of anilines is 1. The number of nitrogens with zero attached hydrogens (tertiary/aromatic N) is 2. The summed E-state index contributed by atoms with van der Waals surface area (Å²) in [7, 11) is 1.74. The van der Waals surface area contributed by atoms with Crippen molar-refractivity contribution in [3.8, 4) is 0 Å². The van der Waals surface area contributed by atoms with Gasteiger partial charge in [-0.1, -0.05) is 6.92 Å². The van der Waals surface area contributed by atoms with Gasteiger partial charge in [0.25, 0.3) is 0 Å². The summed E-state index contributed by atoms with van der Waals surface area (Å²) in [5.41, 5.74) is 0. The molecule has 15 heavy (non-hydrogen) atoms. The van der Waals surface area contributed by atoms with E-state index in [1.54, 1.807) is 7.11 Å². The van der Waals surface area contributed by atoms with Gasteiger partial charge in [0.2, 0.25) is 5.95 Å². The predicted molar refractivity (Wildman–Crippen MR) is 59.9 cm³/mol. The minimum Gasteiger partial charge on any atom is -0.385 e. The summed E-state index contributed by atoms with van der Waals surface area (Å²) in [6.07, 6.45) is 6.17. The molecule has 1 heterocycles. The Labute approximate surface area is 90.6 Å². The maximum atomic E-state index is 5.04. The van der Waals surface area contributed by atoms with Crippen molar-refractivity contribution in [2.75, 3.05) is 19.0 Å². The van der Waals surface area contributed by atoms with E-state index in [0.717, 1.165) is 31.4 Å². The largest absolute Gasteiger partial charge is 0.385 e. The first-order valence-corrected chi connectivity index (χ1v) is 5.58. The lowest BCUT2D eigenvalue weighted by Gasteiger charge is -2.08. The van der Waals surface area contributed by atoms with Crippen molar-refractivity contribution in [1.29, 1.82) is 0 Å². The van der Waals surface area contributed by atoms with E-state index in [1.807, 2.05) is 12.4 Å². The normalized spacial score (nSPS) is 24.1. The quantitative estimate of drug-likeness (QED) is 0.725. The smallest absolute Gasteiger partial charge is 0.202 e. The van der Waals surface area contributed by atoms with Crippen molar-refractivity contribution in [3.63, 3.8) is 0 Å². The monoisotopic (exact) mass is 209 g/mol. The Kier molecular flexibility index (Phi) is 3.26. The SMILES string of the molecule is COCCCn1ccnc1NC1CC1C. The fourth-order valence-electron chi connectivity index (χ4n) is 1.70. The van der Waals surface area contributed by atoms with Gasteiger partial charge in [-0.2, -0.15) is 0 Å². The van der Waals surface area contributed by atoms with E-state index in [-0.39, 0.29) is 0 Å². The van der Waals surface area contributed by atoms with E-state index in [2.05, 4.69) is 21.8 Å². The standard InChI is InChI=1S/C11H19N3O/c1-9-8-10(9)13-11-12-4-6-14(11)5-3-7-15-2/h4,6,9-10H,3,5,7-8H2,1-2H3,(H,12,13). The molecule has 1 aromatic heterocycles. The number of hydrogen-bond acceptors (Lipinski definition) is 3. The number of rotatable bonds is 6. The van der Waals surface area contributed by atoms with Gasteiger partial charge in [0.15, 0.2) is 0 Å². The number of aryl methyl sites for hydroxylation is 1. The van der Waals surface area contributed by atoms with Crippen LogP contribution in [0.5, 0.6) is 0 Å². The van der Waals surface area contributed by atoms with Crippen LogP contribution in [0.3, 0.4) is 0 Å². The van der Waals surface area contributed by atoms with E-state index in [0.29, 0.717) is 6.04 Å². The molecular formula is C11H19N3O. The van der Waals surface area contributed by atoms with Gasteiger partial charge < -0.3 is 14.6 Å². The van der Waals surface area contributed by atoms with Gasteiger partial charge in [-0.25, -0.2) is 4.98 Å². The van der Waals surface area contributed by atoms with Crippen LogP contribution in [-0.2, 0) is 11.3 Å². The van der Waals surface area contributed by atoms with Crippen LogP contribution in [0.1, 0.15) is 19.8 Å². The van der Waals surface area contributed by atoms with Crippen molar-refractivity contribution in [2.24, 2.45) is 5.92 Å². The third kappa shape index (κ3) is 2.72. The average molecular weight is 209 g/mol. The lowest BCUT2D eigenvalue weighted by Crippen LogP contribution is -2.11. The lowest BCUT2D eigenvalue weighted by molar-refractivity contribution is 0.190. The Bertz CT molecular complexity index is 311. The highest BCUT2D eigenvalue weighted by atomic mass is 16.5. The van der Waals surface area contributed by atoms with Crippen molar-refractivity contribution in [1.82, 2.24) is 9.55 Å². The zero-order valence-electron chi connectivity index (χ0n) is 9.44. The molecule has 2 unspecified atom stereocenters. The Morgan fingerprint density at radius 2 is 2.47 bits per heavy atom. The Hall–Kier alpha value is -1.03. The van der Waals surface area contributed by atoms with Gasteiger partial charge in [0, 0.05) is 38.7 Å². The first kappa shape index (κ1) is 10.5. The molecule has 0 bridgehead atoms. The molecule has 1 aliphatic carbocycles. The van der Waals surface area contributed by atoms with Crippen LogP contribution in [-0.4, -0.2) is 29.3 Å². The molecule has 2 atom stereocenters. The van der Waals surface area contributed by atoms with Crippen molar-refractivity contribution < 1.29 is 4.74 Å². The fraction of sp³-hybridized carbons (Fsp3) is 0.727. The molecule has 1 fully saturated rings. The van der Waals surface area contributed by atoms with Crippen LogP contribution in [0.15, 0.2) is 12.4 Å². The van der Waals surface area contributed by atoms with Crippen molar-refractivity contribution >= 4 is 5.95 Å². The summed E-state index contributed by atoms with van der Waals surface area (Å²) in [6, 6.07) is 0.633. The third-order valence-electron chi connectivity index (χ3n) is 2.89. The Morgan fingerprint density at radius 3 is 3.13 bits per heavy atom. The number of hydrogen-bond donors (Lipinski definition) is 1. The Morgan fingerprint density at radius 1 is 1.67 bits per heavy atom. The number of ether oxygens (including phenoxy) is 1. The van der Waals surface area contributed by atoms with E-state index in [1.165, 1.54) is 6.42 Å². The van der Waals surface area contributed by atoms with Crippen molar-refractivity contribution in [3.05, 3.63) is 12.4 Å². The van der Waals surface area contributed by atoms with Crippen LogP contribution < -0.4 is 5.32 Å². The van der Waals surface area contributed by atoms with Crippen LogP contribution in [0.2, 0.25) is 0 Å². The molecule has 2 rings (SSSR count). The highest BCUT2D eigenvalue weighted by Crippen LogP contribution is 2.32. The molecule has 1 N–H and O–H groups in total. The van der Waals surface area contributed by atoms with E-state index in [4.69, 9.17) is 4.74 Å². The zero-order valence-corrected chi connectivity index (χ0v) is 9.44. The maximum absolute atomic E-state index is 5.04. The molecule has 0 spiro atoms. The summed E-state index contributed by atoms with van der Waals surface area (Å²) in [6.45, 7) is 4.03. The lowest BCUT2D eigenvalue weighted by atomic mass is 10.4. The summed E-state index contributed by atoms with van der Waals surface area (Å²) < 4.78 is 7.19. The van der Waals surface area contributed by atoms with Crippen LogP contribution in [0.4, 0.5) is 5.95 Å². The minimum atomic E-state index is 0.633. The first-order valence-electron chi connectivity index (χ1n) is 5.58. The van der Waals surface area contributed by atoms with Gasteiger partial charge in [-0.15, -0.1) is 0 Å². The van der Waals surface area contributed by atoms with Gasteiger partial charge in [-0.05, 0) is 18.8 Å². The minimum absolute atomic E-state index is 0.633. The molecule has 4 heteroatoms.